The number of fused-ring (bicyclic) bond motifs is 1. The van der Waals surface area contributed by atoms with Crippen LogP contribution in [-0.4, -0.2) is 33.2 Å². The van der Waals surface area contributed by atoms with Crippen molar-refractivity contribution in [3.63, 3.8) is 0 Å². The fraction of sp³-hybridized carbons (Fsp3) is 0.455. The molecule has 0 aromatic carbocycles. The van der Waals surface area contributed by atoms with Gasteiger partial charge in [0, 0.05) is 18.8 Å². The number of aromatic amines is 1. The van der Waals surface area contributed by atoms with E-state index in [1.54, 1.807) is 0 Å². The Kier molecular flexibility index (Phi) is 3.05. The molecule has 5 nitrogen and oxygen atoms in total. The van der Waals surface area contributed by atoms with E-state index in [-0.39, 0.29) is 6.61 Å². The highest BCUT2D eigenvalue weighted by Crippen LogP contribution is 2.20. The Morgan fingerprint density at radius 3 is 2.94 bits per heavy atom. The number of nitrogens with zero attached hydrogens (tertiary/aromatic N) is 2. The molecule has 3 N–H and O–H groups in total. The molecule has 0 saturated carbocycles. The minimum absolute atomic E-state index is 0.187. The molecule has 0 bridgehead atoms. The number of H-pyrrole nitrogens is 1. The maximum Gasteiger partial charge on any atom is 0.143 e. The monoisotopic (exact) mass is 220 g/mol. The molecule has 0 fully saturated rings. The molecule has 0 unspecified atom stereocenters. The molecule has 0 atom stereocenters. The first-order valence-corrected chi connectivity index (χ1v) is 5.39. The molecule has 0 aliphatic carbocycles. The Morgan fingerprint density at radius 1 is 1.38 bits per heavy atom. The minimum Gasteiger partial charge on any atom is -0.396 e. The highest BCUT2D eigenvalue weighted by Gasteiger charge is 2.07. The van der Waals surface area contributed by atoms with Crippen molar-refractivity contribution in [2.45, 2.75) is 20.3 Å². The summed E-state index contributed by atoms with van der Waals surface area (Å²) >= 11 is 0. The van der Waals surface area contributed by atoms with Crippen molar-refractivity contribution >= 4 is 16.9 Å². The molecule has 0 amide bonds. The summed E-state index contributed by atoms with van der Waals surface area (Å²) in [5, 5.41) is 12.9. The lowest BCUT2D eigenvalue weighted by atomic mass is 10.3. The second-order valence-corrected chi connectivity index (χ2v) is 3.84. The van der Waals surface area contributed by atoms with Crippen molar-refractivity contribution in [2.24, 2.45) is 0 Å². The Hall–Kier alpha value is -1.62. The number of rotatable bonds is 4. The van der Waals surface area contributed by atoms with Gasteiger partial charge in [-0.2, -0.15) is 0 Å². The van der Waals surface area contributed by atoms with E-state index in [0.717, 1.165) is 28.4 Å². The second-order valence-electron chi connectivity index (χ2n) is 3.84. The van der Waals surface area contributed by atoms with Crippen LogP contribution in [0.3, 0.4) is 0 Å². The van der Waals surface area contributed by atoms with Gasteiger partial charge < -0.3 is 15.4 Å². The van der Waals surface area contributed by atoms with Crippen LogP contribution in [0, 0.1) is 13.8 Å². The summed E-state index contributed by atoms with van der Waals surface area (Å²) in [4.78, 5) is 11.9. The van der Waals surface area contributed by atoms with Gasteiger partial charge in [-0.1, -0.05) is 0 Å². The molecule has 2 heterocycles. The smallest absolute Gasteiger partial charge is 0.143 e. The van der Waals surface area contributed by atoms with E-state index in [1.807, 2.05) is 19.9 Å². The number of hydrogen-bond donors (Lipinski definition) is 3. The van der Waals surface area contributed by atoms with Gasteiger partial charge in [0.1, 0.15) is 17.3 Å². The fourth-order valence-corrected chi connectivity index (χ4v) is 1.67. The molecule has 0 spiro atoms. The van der Waals surface area contributed by atoms with Crippen LogP contribution < -0.4 is 5.32 Å². The third-order valence-electron chi connectivity index (χ3n) is 2.36. The first-order chi connectivity index (χ1) is 7.70. The van der Waals surface area contributed by atoms with Crippen LogP contribution in [0.2, 0.25) is 0 Å². The number of anilines is 1. The lowest BCUT2D eigenvalue weighted by molar-refractivity contribution is 0.292. The lowest BCUT2D eigenvalue weighted by Crippen LogP contribution is -2.06. The highest BCUT2D eigenvalue weighted by molar-refractivity contribution is 5.87. The van der Waals surface area contributed by atoms with Crippen LogP contribution in [0.25, 0.3) is 11.0 Å². The van der Waals surface area contributed by atoms with Crippen molar-refractivity contribution in [3.8, 4) is 0 Å². The molecule has 5 heteroatoms. The van der Waals surface area contributed by atoms with E-state index >= 15 is 0 Å². The number of aryl methyl sites for hydroxylation is 2. The van der Waals surface area contributed by atoms with Gasteiger partial charge in [-0.05, 0) is 26.3 Å². The van der Waals surface area contributed by atoms with Crippen LogP contribution in [0.15, 0.2) is 6.07 Å². The van der Waals surface area contributed by atoms with Crippen molar-refractivity contribution in [1.29, 1.82) is 0 Å². The zero-order valence-corrected chi connectivity index (χ0v) is 9.54. The quantitative estimate of drug-likeness (QED) is 0.680. The van der Waals surface area contributed by atoms with Crippen LogP contribution in [0.4, 0.5) is 5.82 Å². The normalized spacial score (nSPS) is 10.9. The van der Waals surface area contributed by atoms with Crippen molar-refractivity contribution in [1.82, 2.24) is 15.0 Å². The van der Waals surface area contributed by atoms with Gasteiger partial charge in [0.2, 0.25) is 0 Å². The summed E-state index contributed by atoms with van der Waals surface area (Å²) in [7, 11) is 0. The topological polar surface area (TPSA) is 73.8 Å². The Labute approximate surface area is 93.9 Å². The van der Waals surface area contributed by atoms with Crippen LogP contribution in [-0.2, 0) is 0 Å². The molecular weight excluding hydrogens is 204 g/mol. The molecule has 2 aromatic heterocycles. The van der Waals surface area contributed by atoms with Crippen molar-refractivity contribution < 1.29 is 5.11 Å². The van der Waals surface area contributed by atoms with E-state index in [2.05, 4.69) is 20.3 Å². The summed E-state index contributed by atoms with van der Waals surface area (Å²) in [5.41, 5.74) is 1.93. The van der Waals surface area contributed by atoms with Crippen molar-refractivity contribution in [3.05, 3.63) is 17.6 Å². The van der Waals surface area contributed by atoms with Gasteiger partial charge in [-0.3, -0.25) is 0 Å². The Morgan fingerprint density at radius 2 is 2.19 bits per heavy atom. The molecule has 0 radical (unpaired) electrons. The predicted molar refractivity (Wildman–Crippen MR) is 63.6 cm³/mol. The summed E-state index contributed by atoms with van der Waals surface area (Å²) in [6.07, 6.45) is 0.716. The minimum atomic E-state index is 0.187. The van der Waals surface area contributed by atoms with Gasteiger partial charge in [0.15, 0.2) is 0 Å². The van der Waals surface area contributed by atoms with E-state index < -0.39 is 0 Å². The van der Waals surface area contributed by atoms with E-state index in [9.17, 15) is 0 Å². The molecule has 16 heavy (non-hydrogen) atoms. The molecule has 2 rings (SSSR count). The Bertz CT molecular complexity index is 492. The third-order valence-corrected chi connectivity index (χ3v) is 2.36. The molecule has 0 saturated heterocycles. The van der Waals surface area contributed by atoms with Gasteiger partial charge >= 0.3 is 0 Å². The predicted octanol–water partition coefficient (Wildman–Crippen LogP) is 1.37. The highest BCUT2D eigenvalue weighted by atomic mass is 16.3. The molecule has 86 valence electrons. The number of aromatic nitrogens is 3. The number of aliphatic hydroxyl groups excluding tert-OH is 1. The molecule has 0 aliphatic rings. The summed E-state index contributed by atoms with van der Waals surface area (Å²) in [5.74, 6) is 1.57. The lowest BCUT2D eigenvalue weighted by Gasteiger charge is -2.06. The first-order valence-electron chi connectivity index (χ1n) is 5.39. The van der Waals surface area contributed by atoms with E-state index in [0.29, 0.717) is 13.0 Å². The summed E-state index contributed by atoms with van der Waals surface area (Å²) < 4.78 is 0. The number of nitrogens with one attached hydrogen (secondary N) is 2. The average molecular weight is 220 g/mol. The summed E-state index contributed by atoms with van der Waals surface area (Å²) in [6.45, 7) is 4.76. The standard InChI is InChI=1S/C11H16N4O/c1-7-6-9-10(12-4-3-5-16)14-8(2)15-11(9)13-7/h6,16H,3-5H2,1-2H3,(H2,12,13,14,15). The van der Waals surface area contributed by atoms with Gasteiger partial charge in [-0.25, -0.2) is 9.97 Å². The maximum absolute atomic E-state index is 8.74. The van der Waals surface area contributed by atoms with E-state index in [1.165, 1.54) is 0 Å². The first kappa shape index (κ1) is 10.9. The molecular formula is C11H16N4O. The van der Waals surface area contributed by atoms with Gasteiger partial charge in [-0.15, -0.1) is 0 Å². The zero-order valence-electron chi connectivity index (χ0n) is 9.54. The van der Waals surface area contributed by atoms with E-state index in [4.69, 9.17) is 5.11 Å². The maximum atomic E-state index is 8.74. The third kappa shape index (κ3) is 2.14. The zero-order chi connectivity index (χ0) is 11.5. The number of hydrogen-bond acceptors (Lipinski definition) is 4. The summed E-state index contributed by atoms with van der Waals surface area (Å²) in [6, 6.07) is 2.02. The van der Waals surface area contributed by atoms with Crippen LogP contribution in [0.1, 0.15) is 17.9 Å². The van der Waals surface area contributed by atoms with Crippen LogP contribution in [0.5, 0.6) is 0 Å². The fourth-order valence-electron chi connectivity index (χ4n) is 1.67. The number of aliphatic hydroxyl groups is 1. The largest absolute Gasteiger partial charge is 0.396 e. The van der Waals surface area contributed by atoms with Crippen molar-refractivity contribution in [2.75, 3.05) is 18.5 Å². The van der Waals surface area contributed by atoms with Gasteiger partial charge in [0.25, 0.3) is 0 Å². The van der Waals surface area contributed by atoms with Gasteiger partial charge in [0.05, 0.1) is 5.39 Å². The molecule has 0 aliphatic heterocycles. The van der Waals surface area contributed by atoms with Crippen LogP contribution >= 0.6 is 0 Å². The average Bonchev–Trinajstić information content (AvgIpc) is 2.58. The Balaban J connectivity index is 2.34. The second kappa shape index (κ2) is 4.49. The SMILES string of the molecule is Cc1nc(NCCCO)c2cc(C)[nH]c2n1. The molecule has 2 aromatic rings.